The fraction of sp³-hybridized carbons (Fsp3) is 0.391. The number of piperazine rings is 1. The maximum atomic E-state index is 12.9. The van der Waals surface area contributed by atoms with Crippen molar-refractivity contribution in [2.75, 3.05) is 44.6 Å². The third-order valence-electron chi connectivity index (χ3n) is 6.56. The van der Waals surface area contributed by atoms with Gasteiger partial charge in [-0.25, -0.2) is 4.79 Å². The average molecular weight is 502 g/mol. The summed E-state index contributed by atoms with van der Waals surface area (Å²) in [5.74, 6) is 0.0333. The highest BCUT2D eigenvalue weighted by molar-refractivity contribution is 6.35. The number of piperidine rings is 1. The molecule has 0 aliphatic carbocycles. The molecule has 2 aliphatic heterocycles. The third kappa shape index (κ3) is 4.96. The van der Waals surface area contributed by atoms with Gasteiger partial charge >= 0.3 is 6.03 Å². The van der Waals surface area contributed by atoms with Gasteiger partial charge in [-0.1, -0.05) is 28.4 Å². The smallest absolute Gasteiger partial charge is 0.321 e. The van der Waals surface area contributed by atoms with Crippen LogP contribution in [-0.4, -0.2) is 87.4 Å². The minimum absolute atomic E-state index is 0.0333. The van der Waals surface area contributed by atoms with Gasteiger partial charge in [-0.05, 0) is 49.2 Å². The molecule has 2 aromatic carbocycles. The van der Waals surface area contributed by atoms with Crippen molar-refractivity contribution in [3.8, 4) is 0 Å². The van der Waals surface area contributed by atoms with E-state index in [2.05, 4.69) is 25.6 Å². The predicted octanol–water partition coefficient (Wildman–Crippen LogP) is 3.72. The van der Waals surface area contributed by atoms with E-state index in [-0.39, 0.29) is 11.9 Å². The van der Waals surface area contributed by atoms with Crippen LogP contribution in [0.1, 0.15) is 23.2 Å². The summed E-state index contributed by atoms with van der Waals surface area (Å²) in [6.07, 6.45) is 1.84. The van der Waals surface area contributed by atoms with E-state index in [0.717, 1.165) is 44.5 Å². The Kier molecular flexibility index (Phi) is 6.58. The van der Waals surface area contributed by atoms with Crippen molar-refractivity contribution in [1.29, 1.82) is 0 Å². The van der Waals surface area contributed by atoms with Crippen LogP contribution in [0.5, 0.6) is 0 Å². The van der Waals surface area contributed by atoms with Crippen LogP contribution in [0.4, 0.5) is 10.5 Å². The van der Waals surface area contributed by atoms with Crippen LogP contribution in [0.15, 0.2) is 36.4 Å². The van der Waals surface area contributed by atoms with Crippen LogP contribution >= 0.6 is 23.2 Å². The largest absolute Gasteiger partial charge is 0.339 e. The second-order valence-electron chi connectivity index (χ2n) is 8.68. The van der Waals surface area contributed by atoms with Gasteiger partial charge in [0.05, 0.1) is 5.52 Å². The van der Waals surface area contributed by atoms with Gasteiger partial charge in [-0.2, -0.15) is 0 Å². The van der Waals surface area contributed by atoms with Crippen LogP contribution in [0.25, 0.3) is 11.0 Å². The van der Waals surface area contributed by atoms with Crippen LogP contribution < -0.4 is 5.32 Å². The van der Waals surface area contributed by atoms with E-state index in [9.17, 15) is 9.59 Å². The average Bonchev–Trinajstić information content (AvgIpc) is 3.31. The van der Waals surface area contributed by atoms with Gasteiger partial charge < -0.3 is 15.1 Å². The maximum absolute atomic E-state index is 12.9. The number of urea groups is 1. The Morgan fingerprint density at radius 3 is 2.32 bits per heavy atom. The summed E-state index contributed by atoms with van der Waals surface area (Å²) in [7, 11) is 0. The Balaban J connectivity index is 1.10. The van der Waals surface area contributed by atoms with Gasteiger partial charge in [-0.15, -0.1) is 5.10 Å². The fourth-order valence-electron chi connectivity index (χ4n) is 4.71. The van der Waals surface area contributed by atoms with Gasteiger partial charge in [0.1, 0.15) is 5.52 Å². The monoisotopic (exact) mass is 501 g/mol. The SMILES string of the molecule is O=C(Nc1cc(Cl)cc(Cl)c1)N1CCN(C2CCN(C(=O)c3ccc4[nH]nnc4c3)CC2)CC1. The summed E-state index contributed by atoms with van der Waals surface area (Å²) in [5, 5.41) is 14.4. The van der Waals surface area contributed by atoms with Crippen molar-refractivity contribution in [3.05, 3.63) is 52.0 Å². The van der Waals surface area contributed by atoms with E-state index < -0.39 is 0 Å². The van der Waals surface area contributed by atoms with Crippen LogP contribution in [0.2, 0.25) is 10.0 Å². The molecule has 2 saturated heterocycles. The summed E-state index contributed by atoms with van der Waals surface area (Å²) < 4.78 is 0. The Bertz CT molecular complexity index is 1180. The number of rotatable bonds is 3. The van der Waals surface area contributed by atoms with E-state index in [1.54, 1.807) is 24.3 Å². The molecule has 0 saturated carbocycles. The van der Waals surface area contributed by atoms with E-state index >= 15 is 0 Å². The molecule has 0 bridgehead atoms. The number of H-pyrrole nitrogens is 1. The minimum atomic E-state index is -0.150. The Labute approximate surface area is 207 Å². The number of benzene rings is 2. The number of hydrogen-bond acceptors (Lipinski definition) is 5. The number of hydrogen-bond donors (Lipinski definition) is 2. The Morgan fingerprint density at radius 1 is 0.912 bits per heavy atom. The van der Waals surface area contributed by atoms with E-state index in [1.165, 1.54) is 0 Å². The number of halogens is 2. The second kappa shape index (κ2) is 9.77. The second-order valence-corrected chi connectivity index (χ2v) is 9.55. The van der Waals surface area contributed by atoms with Gasteiger partial charge in [-0.3, -0.25) is 14.8 Å². The van der Waals surface area contributed by atoms with Crippen molar-refractivity contribution < 1.29 is 9.59 Å². The molecular formula is C23H25Cl2N7O2. The molecule has 0 radical (unpaired) electrons. The molecule has 0 unspecified atom stereocenters. The van der Waals surface area contributed by atoms with Crippen molar-refractivity contribution in [2.45, 2.75) is 18.9 Å². The highest BCUT2D eigenvalue weighted by Gasteiger charge is 2.30. The molecule has 0 atom stereocenters. The van der Waals surface area contributed by atoms with E-state index in [4.69, 9.17) is 23.2 Å². The molecule has 5 rings (SSSR count). The zero-order valence-electron chi connectivity index (χ0n) is 18.5. The number of anilines is 1. The molecule has 1 aromatic heterocycles. The topological polar surface area (TPSA) is 97.5 Å². The highest BCUT2D eigenvalue weighted by atomic mass is 35.5. The number of carbonyl (C=O) groups is 2. The van der Waals surface area contributed by atoms with Crippen molar-refractivity contribution in [1.82, 2.24) is 30.1 Å². The molecule has 9 nitrogen and oxygen atoms in total. The first-order chi connectivity index (χ1) is 16.5. The summed E-state index contributed by atoms with van der Waals surface area (Å²) in [4.78, 5) is 31.7. The van der Waals surface area contributed by atoms with E-state index in [1.807, 2.05) is 21.9 Å². The quantitative estimate of drug-likeness (QED) is 0.569. The molecule has 0 spiro atoms. The number of nitrogens with zero attached hydrogens (tertiary/aromatic N) is 5. The number of aromatic amines is 1. The first kappa shape index (κ1) is 22.9. The standard InChI is InChI=1S/C23H25Cl2N7O2/c24-16-12-17(25)14-18(13-16)26-23(34)32-9-7-30(8-10-32)19-3-5-31(6-4-19)22(33)15-1-2-20-21(11-15)28-29-27-20/h1-2,11-14,19H,3-10H2,(H,26,34)(H,27,28,29). The number of carbonyl (C=O) groups excluding carboxylic acids is 2. The number of aromatic nitrogens is 3. The molecular weight excluding hydrogens is 477 g/mol. The molecule has 3 amide bonds. The van der Waals surface area contributed by atoms with Crippen molar-refractivity contribution in [3.63, 3.8) is 0 Å². The summed E-state index contributed by atoms with van der Waals surface area (Å²) in [6, 6.07) is 10.7. The lowest BCUT2D eigenvalue weighted by Gasteiger charge is -2.42. The summed E-state index contributed by atoms with van der Waals surface area (Å²) >= 11 is 12.0. The fourth-order valence-corrected chi connectivity index (χ4v) is 5.24. The summed E-state index contributed by atoms with van der Waals surface area (Å²) in [6.45, 7) is 4.36. The van der Waals surface area contributed by atoms with Crippen molar-refractivity contribution in [2.24, 2.45) is 0 Å². The molecule has 178 valence electrons. The van der Waals surface area contributed by atoms with Gasteiger partial charge in [0, 0.05) is 66.6 Å². The normalized spacial score (nSPS) is 17.8. The lowest BCUT2D eigenvalue weighted by Crippen LogP contribution is -2.55. The van der Waals surface area contributed by atoms with Crippen LogP contribution in [-0.2, 0) is 0 Å². The molecule has 2 aliphatic rings. The molecule has 34 heavy (non-hydrogen) atoms. The van der Waals surface area contributed by atoms with Crippen molar-refractivity contribution >= 4 is 51.9 Å². The first-order valence-electron chi connectivity index (χ1n) is 11.3. The van der Waals surface area contributed by atoms with Crippen LogP contribution in [0, 0.1) is 0 Å². The van der Waals surface area contributed by atoms with Gasteiger partial charge in [0.25, 0.3) is 5.91 Å². The Morgan fingerprint density at radius 2 is 1.62 bits per heavy atom. The Hall–Kier alpha value is -2.88. The van der Waals surface area contributed by atoms with Crippen LogP contribution in [0.3, 0.4) is 0 Å². The number of fused-ring (bicyclic) bond motifs is 1. The highest BCUT2D eigenvalue weighted by Crippen LogP contribution is 2.24. The van der Waals surface area contributed by atoms with Gasteiger partial charge in [0.15, 0.2) is 0 Å². The number of amides is 3. The predicted molar refractivity (Wildman–Crippen MR) is 131 cm³/mol. The maximum Gasteiger partial charge on any atom is 0.321 e. The third-order valence-corrected chi connectivity index (χ3v) is 6.99. The lowest BCUT2D eigenvalue weighted by molar-refractivity contribution is 0.0532. The molecule has 3 heterocycles. The van der Waals surface area contributed by atoms with E-state index in [0.29, 0.717) is 45.9 Å². The number of likely N-dealkylation sites (tertiary alicyclic amines) is 1. The molecule has 11 heteroatoms. The molecule has 3 aromatic rings. The molecule has 2 N–H and O–H groups in total. The first-order valence-corrected chi connectivity index (χ1v) is 12.1. The number of nitrogens with one attached hydrogen (secondary N) is 2. The molecule has 2 fully saturated rings. The summed E-state index contributed by atoms with van der Waals surface area (Å²) in [5.41, 5.74) is 2.74. The van der Waals surface area contributed by atoms with Gasteiger partial charge in [0.2, 0.25) is 0 Å². The lowest BCUT2D eigenvalue weighted by atomic mass is 10.0. The minimum Gasteiger partial charge on any atom is -0.339 e. The zero-order chi connectivity index (χ0) is 23.7. The zero-order valence-corrected chi connectivity index (χ0v) is 20.0.